The van der Waals surface area contributed by atoms with Crippen LogP contribution in [0.1, 0.15) is 44.7 Å². The van der Waals surface area contributed by atoms with E-state index in [9.17, 15) is 0 Å². The van der Waals surface area contributed by atoms with E-state index in [1.165, 1.54) is 12.0 Å². The quantitative estimate of drug-likeness (QED) is 0.590. The number of aryl methyl sites for hydroxylation is 1. The summed E-state index contributed by atoms with van der Waals surface area (Å²) in [4.78, 5) is 4.37. The fraction of sp³-hybridized carbons (Fsp3) is 0.682. The minimum Gasteiger partial charge on any atom is -0.496 e. The average Bonchev–Trinajstić information content (AvgIpc) is 2.65. The summed E-state index contributed by atoms with van der Waals surface area (Å²) >= 11 is 0. The van der Waals surface area contributed by atoms with Gasteiger partial charge in [-0.25, -0.2) is 0 Å². The Kier molecular flexibility index (Phi) is 7.96. The summed E-state index contributed by atoms with van der Waals surface area (Å²) in [6, 6.07) is 6.38. The van der Waals surface area contributed by atoms with E-state index < -0.39 is 0 Å². The van der Waals surface area contributed by atoms with E-state index in [0.717, 1.165) is 49.8 Å². The summed E-state index contributed by atoms with van der Waals surface area (Å²) < 4.78 is 11.5. The zero-order valence-electron chi connectivity index (χ0n) is 17.9. The first-order chi connectivity index (χ1) is 12.8. The van der Waals surface area contributed by atoms with Crippen LogP contribution in [-0.2, 0) is 11.2 Å². The molecule has 1 heterocycles. The van der Waals surface area contributed by atoms with Gasteiger partial charge in [0.2, 0.25) is 0 Å². The summed E-state index contributed by atoms with van der Waals surface area (Å²) in [6.07, 6.45) is 3.56. The first kappa shape index (κ1) is 21.5. The van der Waals surface area contributed by atoms with Crippen LogP contribution in [0.15, 0.2) is 23.2 Å². The molecule has 1 fully saturated rings. The van der Waals surface area contributed by atoms with E-state index in [-0.39, 0.29) is 11.5 Å². The Balaban J connectivity index is 1.82. The predicted octanol–water partition coefficient (Wildman–Crippen LogP) is 3.55. The molecule has 1 aromatic rings. The van der Waals surface area contributed by atoms with Crippen LogP contribution in [0, 0.1) is 18.3 Å². The number of guanidine groups is 1. The highest BCUT2D eigenvalue weighted by Crippen LogP contribution is 2.33. The third-order valence-electron chi connectivity index (χ3n) is 5.23. The summed E-state index contributed by atoms with van der Waals surface area (Å²) in [5, 5.41) is 6.91. The Bertz CT molecular complexity index is 622. The van der Waals surface area contributed by atoms with Crippen LogP contribution in [0.25, 0.3) is 0 Å². The van der Waals surface area contributed by atoms with Gasteiger partial charge in [-0.05, 0) is 48.8 Å². The van der Waals surface area contributed by atoms with Crippen LogP contribution >= 0.6 is 0 Å². The normalized spacial score (nSPS) is 21.0. The van der Waals surface area contributed by atoms with E-state index in [1.807, 2.05) is 7.05 Å². The van der Waals surface area contributed by atoms with E-state index >= 15 is 0 Å². The molecule has 0 radical (unpaired) electrons. The van der Waals surface area contributed by atoms with Gasteiger partial charge in [0.1, 0.15) is 5.75 Å². The van der Waals surface area contributed by atoms with Crippen LogP contribution in [0.4, 0.5) is 0 Å². The molecule has 2 unspecified atom stereocenters. The number of benzene rings is 1. The van der Waals surface area contributed by atoms with Crippen molar-refractivity contribution in [3.8, 4) is 5.75 Å². The summed E-state index contributed by atoms with van der Waals surface area (Å²) in [5.41, 5.74) is 2.58. The maximum atomic E-state index is 6.08. The molecule has 0 saturated carbocycles. The number of rotatable bonds is 6. The van der Waals surface area contributed by atoms with Gasteiger partial charge in [0.15, 0.2) is 5.96 Å². The summed E-state index contributed by atoms with van der Waals surface area (Å²) in [7, 11) is 3.54. The maximum Gasteiger partial charge on any atom is 0.190 e. The van der Waals surface area contributed by atoms with Crippen molar-refractivity contribution < 1.29 is 9.47 Å². The Morgan fingerprint density at radius 3 is 2.74 bits per heavy atom. The topological polar surface area (TPSA) is 54.9 Å². The van der Waals surface area contributed by atoms with Crippen molar-refractivity contribution in [3.63, 3.8) is 0 Å². The van der Waals surface area contributed by atoms with Gasteiger partial charge in [-0.3, -0.25) is 4.99 Å². The van der Waals surface area contributed by atoms with Crippen LogP contribution in [-0.4, -0.2) is 45.9 Å². The van der Waals surface area contributed by atoms with Gasteiger partial charge in [-0.2, -0.15) is 0 Å². The van der Waals surface area contributed by atoms with Gasteiger partial charge in [0.25, 0.3) is 0 Å². The number of ether oxygens (including phenoxy) is 2. The van der Waals surface area contributed by atoms with E-state index in [0.29, 0.717) is 5.92 Å². The monoisotopic (exact) mass is 375 g/mol. The third kappa shape index (κ3) is 6.42. The smallest absolute Gasteiger partial charge is 0.190 e. The molecule has 2 atom stereocenters. The number of nitrogens with one attached hydrogen (secondary N) is 2. The van der Waals surface area contributed by atoms with Crippen molar-refractivity contribution >= 4 is 5.96 Å². The fourth-order valence-corrected chi connectivity index (χ4v) is 3.80. The van der Waals surface area contributed by atoms with Crippen molar-refractivity contribution in [2.75, 3.05) is 33.9 Å². The first-order valence-corrected chi connectivity index (χ1v) is 10.0. The largest absolute Gasteiger partial charge is 0.496 e. The van der Waals surface area contributed by atoms with Gasteiger partial charge in [0, 0.05) is 32.7 Å². The van der Waals surface area contributed by atoms with Crippen LogP contribution < -0.4 is 15.4 Å². The molecule has 1 aliphatic rings. The minimum absolute atomic E-state index is 0.161. The standard InChI is InChI=1S/C22H37N3O2/c1-16-9-10-17(14-19(16)26-6)11-12-24-21(23-5)25-15-18-8-7-13-27-20(18)22(2,3)4/h9-10,14,18,20H,7-8,11-13,15H2,1-6H3,(H2,23,24,25). The Hall–Kier alpha value is -1.75. The zero-order valence-corrected chi connectivity index (χ0v) is 17.9. The van der Waals surface area contributed by atoms with Gasteiger partial charge in [0.05, 0.1) is 13.2 Å². The molecule has 1 saturated heterocycles. The van der Waals surface area contributed by atoms with E-state index in [4.69, 9.17) is 9.47 Å². The first-order valence-electron chi connectivity index (χ1n) is 10.0. The molecular weight excluding hydrogens is 338 g/mol. The molecule has 2 N–H and O–H groups in total. The van der Waals surface area contributed by atoms with Crippen molar-refractivity contribution in [1.82, 2.24) is 10.6 Å². The summed E-state index contributed by atoms with van der Waals surface area (Å²) in [6.45, 7) is 11.4. The number of methoxy groups -OCH3 is 1. The van der Waals surface area contributed by atoms with Crippen molar-refractivity contribution in [2.24, 2.45) is 16.3 Å². The predicted molar refractivity (Wildman–Crippen MR) is 113 cm³/mol. The average molecular weight is 376 g/mol. The molecule has 5 nitrogen and oxygen atoms in total. The molecule has 5 heteroatoms. The highest BCUT2D eigenvalue weighted by molar-refractivity contribution is 5.79. The highest BCUT2D eigenvalue weighted by atomic mass is 16.5. The molecule has 0 amide bonds. The fourth-order valence-electron chi connectivity index (χ4n) is 3.80. The van der Waals surface area contributed by atoms with Crippen molar-refractivity contribution in [2.45, 2.75) is 53.1 Å². The molecule has 0 aromatic heterocycles. The van der Waals surface area contributed by atoms with Crippen LogP contribution in [0.3, 0.4) is 0 Å². The molecule has 0 bridgehead atoms. The lowest BCUT2D eigenvalue weighted by atomic mass is 9.78. The number of nitrogens with zero attached hydrogens (tertiary/aromatic N) is 1. The molecule has 27 heavy (non-hydrogen) atoms. The van der Waals surface area contributed by atoms with Gasteiger partial charge < -0.3 is 20.1 Å². The highest BCUT2D eigenvalue weighted by Gasteiger charge is 2.35. The molecule has 2 rings (SSSR count). The number of aliphatic imine (C=N–C) groups is 1. The molecule has 152 valence electrons. The third-order valence-corrected chi connectivity index (χ3v) is 5.23. The van der Waals surface area contributed by atoms with Crippen molar-refractivity contribution in [1.29, 1.82) is 0 Å². The molecule has 0 spiro atoms. The SMILES string of the molecule is CN=C(NCCc1ccc(C)c(OC)c1)NCC1CCCOC1C(C)(C)C. The molecular formula is C22H37N3O2. The van der Waals surface area contributed by atoms with Crippen molar-refractivity contribution in [3.05, 3.63) is 29.3 Å². The Morgan fingerprint density at radius 1 is 1.30 bits per heavy atom. The maximum absolute atomic E-state index is 6.08. The molecule has 1 aliphatic heterocycles. The van der Waals surface area contributed by atoms with Gasteiger partial charge in [-0.15, -0.1) is 0 Å². The lowest BCUT2D eigenvalue weighted by Crippen LogP contribution is -2.47. The molecule has 0 aliphatic carbocycles. The van der Waals surface area contributed by atoms with Crippen LogP contribution in [0.5, 0.6) is 5.75 Å². The lowest BCUT2D eigenvalue weighted by molar-refractivity contribution is -0.0835. The minimum atomic E-state index is 0.161. The number of hydrogen-bond donors (Lipinski definition) is 2. The summed E-state index contributed by atoms with van der Waals surface area (Å²) in [5.74, 6) is 2.31. The van der Waals surface area contributed by atoms with Gasteiger partial charge in [-0.1, -0.05) is 32.9 Å². The second-order valence-electron chi connectivity index (χ2n) is 8.49. The van der Waals surface area contributed by atoms with Gasteiger partial charge >= 0.3 is 0 Å². The van der Waals surface area contributed by atoms with E-state index in [1.54, 1.807) is 7.11 Å². The lowest BCUT2D eigenvalue weighted by Gasteiger charge is -2.40. The second kappa shape index (κ2) is 9.98. The number of hydrogen-bond acceptors (Lipinski definition) is 3. The second-order valence-corrected chi connectivity index (χ2v) is 8.49. The zero-order chi connectivity index (χ0) is 19.9. The Labute approximate surface area is 164 Å². The Morgan fingerprint density at radius 2 is 2.07 bits per heavy atom. The molecule has 1 aromatic carbocycles. The van der Waals surface area contributed by atoms with Crippen LogP contribution in [0.2, 0.25) is 0 Å². The van der Waals surface area contributed by atoms with E-state index in [2.05, 4.69) is 61.5 Å².